The van der Waals surface area contributed by atoms with Crippen LogP contribution in [0, 0.1) is 0 Å². The third-order valence-corrected chi connectivity index (χ3v) is 6.02. The van der Waals surface area contributed by atoms with Crippen molar-refractivity contribution in [3.8, 4) is 17.1 Å². The van der Waals surface area contributed by atoms with Gasteiger partial charge in [-0.2, -0.15) is 0 Å². The van der Waals surface area contributed by atoms with Crippen LogP contribution in [0.25, 0.3) is 32.9 Å². The molecule has 2 aromatic heterocycles. The van der Waals surface area contributed by atoms with Crippen molar-refractivity contribution in [3.63, 3.8) is 0 Å². The summed E-state index contributed by atoms with van der Waals surface area (Å²) < 4.78 is 7.39. The van der Waals surface area contributed by atoms with Gasteiger partial charge >= 0.3 is 6.09 Å². The highest BCUT2D eigenvalue weighted by Gasteiger charge is 2.24. The number of carbonyl (C=O) groups excluding carboxylic acids is 1. The minimum Gasteiger partial charge on any atom is -0.494 e. The molecule has 0 saturated carbocycles. The Balaban J connectivity index is 1.68. The predicted molar refractivity (Wildman–Crippen MR) is 127 cm³/mol. The molecular formula is C26H29N3O3. The fourth-order valence-corrected chi connectivity index (χ4v) is 4.65. The Kier molecular flexibility index (Phi) is 4.97. The summed E-state index contributed by atoms with van der Waals surface area (Å²) in [5.74, 6) is 0.0892. The van der Waals surface area contributed by atoms with Crippen LogP contribution < -0.4 is 0 Å². The molecule has 32 heavy (non-hydrogen) atoms. The van der Waals surface area contributed by atoms with Crippen LogP contribution in [-0.4, -0.2) is 44.3 Å². The number of aromatic hydroxyl groups is 1. The van der Waals surface area contributed by atoms with Gasteiger partial charge in [-0.05, 0) is 70.5 Å². The molecule has 0 bridgehead atoms. The van der Waals surface area contributed by atoms with Crippen LogP contribution in [-0.2, 0) is 11.3 Å². The van der Waals surface area contributed by atoms with Gasteiger partial charge in [-0.3, -0.25) is 4.90 Å². The maximum Gasteiger partial charge on any atom is 0.419 e. The molecule has 2 N–H and O–H groups in total. The van der Waals surface area contributed by atoms with Crippen molar-refractivity contribution in [3.05, 3.63) is 54.2 Å². The molecule has 0 spiro atoms. The highest BCUT2D eigenvalue weighted by Crippen LogP contribution is 2.38. The van der Waals surface area contributed by atoms with Crippen molar-refractivity contribution in [2.75, 3.05) is 13.1 Å². The standard InChI is InChI=1S/C26H29N3O3/c1-26(2,3)32-25(31)29-21-10-9-17(16-28-11-4-5-12-28)13-19(21)14-22(29)20-8-6-7-18-15-27-24(30)23(18)20/h6-10,13-15,27,30H,4-5,11-12,16H2,1-3H3. The molecule has 1 saturated heterocycles. The van der Waals surface area contributed by atoms with E-state index in [4.69, 9.17) is 4.74 Å². The summed E-state index contributed by atoms with van der Waals surface area (Å²) in [7, 11) is 0. The average molecular weight is 432 g/mol. The first-order valence-corrected chi connectivity index (χ1v) is 11.2. The molecule has 1 fully saturated rings. The topological polar surface area (TPSA) is 70.5 Å². The minimum atomic E-state index is -0.622. The first-order valence-electron chi connectivity index (χ1n) is 11.2. The van der Waals surface area contributed by atoms with Gasteiger partial charge in [0.2, 0.25) is 0 Å². The van der Waals surface area contributed by atoms with Crippen molar-refractivity contribution >= 4 is 27.8 Å². The summed E-state index contributed by atoms with van der Waals surface area (Å²) in [6.45, 7) is 8.78. The molecule has 4 aromatic rings. The van der Waals surface area contributed by atoms with Crippen LogP contribution in [0.4, 0.5) is 4.79 Å². The van der Waals surface area contributed by atoms with Crippen LogP contribution >= 0.6 is 0 Å². The number of aromatic nitrogens is 2. The Labute approximate surface area is 187 Å². The van der Waals surface area contributed by atoms with Crippen molar-refractivity contribution in [2.24, 2.45) is 0 Å². The first kappa shape index (κ1) is 20.6. The van der Waals surface area contributed by atoms with Crippen LogP contribution in [0.1, 0.15) is 39.2 Å². The zero-order valence-electron chi connectivity index (χ0n) is 18.8. The molecule has 2 aromatic carbocycles. The van der Waals surface area contributed by atoms with E-state index >= 15 is 0 Å². The van der Waals surface area contributed by atoms with Crippen LogP contribution in [0.15, 0.2) is 48.7 Å². The Morgan fingerprint density at radius 2 is 1.88 bits per heavy atom. The summed E-state index contributed by atoms with van der Waals surface area (Å²) in [5.41, 5.74) is 2.89. The summed E-state index contributed by atoms with van der Waals surface area (Å²) in [6, 6.07) is 14.1. The molecule has 5 rings (SSSR count). The lowest BCUT2D eigenvalue weighted by Gasteiger charge is -2.21. The highest BCUT2D eigenvalue weighted by atomic mass is 16.6. The Morgan fingerprint density at radius 3 is 2.62 bits per heavy atom. The number of aromatic amines is 1. The third-order valence-electron chi connectivity index (χ3n) is 6.02. The monoisotopic (exact) mass is 431 g/mol. The fraction of sp³-hybridized carbons (Fsp3) is 0.346. The number of hydrogen-bond acceptors (Lipinski definition) is 4. The van der Waals surface area contributed by atoms with Crippen LogP contribution in [0.2, 0.25) is 0 Å². The fourth-order valence-electron chi connectivity index (χ4n) is 4.65. The van der Waals surface area contributed by atoms with E-state index in [-0.39, 0.29) is 5.88 Å². The number of hydrogen-bond donors (Lipinski definition) is 2. The van der Waals surface area contributed by atoms with Gasteiger partial charge < -0.3 is 14.8 Å². The number of likely N-dealkylation sites (tertiary alicyclic amines) is 1. The molecule has 0 unspecified atom stereocenters. The Hall–Kier alpha value is -3.25. The highest BCUT2D eigenvalue weighted by molar-refractivity contribution is 6.05. The number of fused-ring (bicyclic) bond motifs is 2. The number of benzene rings is 2. The molecule has 0 atom stereocenters. The quantitative estimate of drug-likeness (QED) is 0.425. The van der Waals surface area contributed by atoms with Gasteiger partial charge in [0.05, 0.1) is 16.6 Å². The van der Waals surface area contributed by atoms with Gasteiger partial charge in [0.15, 0.2) is 5.88 Å². The lowest BCUT2D eigenvalue weighted by atomic mass is 10.1. The van der Waals surface area contributed by atoms with Gasteiger partial charge in [-0.1, -0.05) is 24.3 Å². The second-order valence-electron chi connectivity index (χ2n) is 9.63. The van der Waals surface area contributed by atoms with Gasteiger partial charge in [-0.25, -0.2) is 9.36 Å². The largest absolute Gasteiger partial charge is 0.494 e. The maximum atomic E-state index is 13.3. The van der Waals surface area contributed by atoms with Crippen LogP contribution in [0.3, 0.4) is 0 Å². The van der Waals surface area contributed by atoms with Gasteiger partial charge in [-0.15, -0.1) is 0 Å². The second kappa shape index (κ2) is 7.71. The van der Waals surface area contributed by atoms with E-state index in [1.54, 1.807) is 10.8 Å². The second-order valence-corrected chi connectivity index (χ2v) is 9.63. The van der Waals surface area contributed by atoms with E-state index in [0.29, 0.717) is 11.1 Å². The molecule has 1 aliphatic rings. The predicted octanol–water partition coefficient (Wildman–Crippen LogP) is 5.87. The first-order chi connectivity index (χ1) is 15.3. The van der Waals surface area contributed by atoms with Gasteiger partial charge in [0.25, 0.3) is 0 Å². The van der Waals surface area contributed by atoms with Crippen LogP contribution in [0.5, 0.6) is 5.88 Å². The Bertz CT molecular complexity index is 1300. The molecule has 0 amide bonds. The maximum absolute atomic E-state index is 13.3. The number of rotatable bonds is 3. The number of nitrogens with one attached hydrogen (secondary N) is 1. The van der Waals surface area contributed by atoms with E-state index in [9.17, 15) is 9.90 Å². The third kappa shape index (κ3) is 3.75. The number of carbonyl (C=O) groups is 1. The van der Waals surface area contributed by atoms with Gasteiger partial charge in [0.1, 0.15) is 5.60 Å². The van der Waals surface area contributed by atoms with Gasteiger partial charge in [0, 0.05) is 29.1 Å². The minimum absolute atomic E-state index is 0.0892. The van der Waals surface area contributed by atoms with E-state index in [1.807, 2.05) is 51.1 Å². The molecular weight excluding hydrogens is 402 g/mol. The summed E-state index contributed by atoms with van der Waals surface area (Å²) in [6.07, 6.45) is 3.85. The Morgan fingerprint density at radius 1 is 1.09 bits per heavy atom. The number of nitrogens with zero attached hydrogens (tertiary/aromatic N) is 2. The molecule has 3 heterocycles. The number of H-pyrrole nitrogens is 1. The smallest absolute Gasteiger partial charge is 0.419 e. The van der Waals surface area contributed by atoms with E-state index in [0.717, 1.165) is 41.5 Å². The lowest BCUT2D eigenvalue weighted by Crippen LogP contribution is -2.27. The SMILES string of the molecule is CC(C)(C)OC(=O)n1c(-c2cccc3c[nH]c(O)c23)cc2cc(CN3CCCC3)ccc21. The zero-order chi connectivity index (χ0) is 22.5. The van der Waals surface area contributed by atoms with Crippen molar-refractivity contribution < 1.29 is 14.6 Å². The van der Waals surface area contributed by atoms with Crippen molar-refractivity contribution in [1.29, 1.82) is 0 Å². The van der Waals surface area contributed by atoms with E-state index in [2.05, 4.69) is 22.0 Å². The molecule has 0 aliphatic carbocycles. The lowest BCUT2D eigenvalue weighted by molar-refractivity contribution is 0.0547. The molecule has 166 valence electrons. The molecule has 6 nitrogen and oxygen atoms in total. The van der Waals surface area contributed by atoms with Crippen molar-refractivity contribution in [1.82, 2.24) is 14.5 Å². The van der Waals surface area contributed by atoms with E-state index < -0.39 is 11.7 Å². The zero-order valence-corrected chi connectivity index (χ0v) is 18.8. The molecule has 1 aliphatic heterocycles. The average Bonchev–Trinajstić information content (AvgIpc) is 3.45. The van der Waals surface area contributed by atoms with Crippen molar-refractivity contribution in [2.45, 2.75) is 45.8 Å². The summed E-state index contributed by atoms with van der Waals surface area (Å²) in [4.78, 5) is 18.7. The summed E-state index contributed by atoms with van der Waals surface area (Å²) >= 11 is 0. The number of ether oxygens (including phenoxy) is 1. The normalized spacial score (nSPS) is 15.1. The molecule has 6 heteroatoms. The molecule has 0 radical (unpaired) electrons. The summed E-state index contributed by atoms with van der Waals surface area (Å²) in [5, 5.41) is 13.0. The van der Waals surface area contributed by atoms with E-state index in [1.165, 1.54) is 18.4 Å².